The van der Waals surface area contributed by atoms with E-state index in [4.69, 9.17) is 5.73 Å². The summed E-state index contributed by atoms with van der Waals surface area (Å²) in [6, 6.07) is 20.8. The highest BCUT2D eigenvalue weighted by atomic mass is 16.2. The van der Waals surface area contributed by atoms with Crippen molar-refractivity contribution in [2.75, 3.05) is 11.9 Å². The first-order valence-corrected chi connectivity index (χ1v) is 10.7. The molecule has 8 nitrogen and oxygen atoms in total. The molecule has 0 radical (unpaired) electrons. The van der Waals surface area contributed by atoms with Crippen LogP contribution >= 0.6 is 0 Å². The molecule has 4 N–H and O–H groups in total. The summed E-state index contributed by atoms with van der Waals surface area (Å²) in [7, 11) is 0. The average Bonchev–Trinajstić information content (AvgIpc) is 3.18. The lowest BCUT2D eigenvalue weighted by molar-refractivity contribution is -0.122. The molecule has 1 atom stereocenters. The number of aryl methyl sites for hydroxylation is 1. The van der Waals surface area contributed by atoms with E-state index in [-0.39, 0.29) is 18.9 Å². The smallest absolute Gasteiger partial charge is 0.242 e. The second kappa shape index (κ2) is 9.40. The van der Waals surface area contributed by atoms with Crippen LogP contribution in [0.4, 0.5) is 5.82 Å². The number of fused-ring (bicyclic) bond motifs is 3. The van der Waals surface area contributed by atoms with Crippen molar-refractivity contribution in [1.29, 1.82) is 5.26 Å². The van der Waals surface area contributed by atoms with Gasteiger partial charge in [0.15, 0.2) is 5.65 Å². The van der Waals surface area contributed by atoms with Crippen LogP contribution in [0.25, 0.3) is 16.7 Å². The Kier molecular flexibility index (Phi) is 6.22. The molecule has 2 heterocycles. The molecule has 2 amide bonds. The topological polar surface area (TPSA) is 125 Å². The molecule has 2 aromatic heterocycles. The van der Waals surface area contributed by atoms with Crippen molar-refractivity contribution < 1.29 is 9.59 Å². The summed E-state index contributed by atoms with van der Waals surface area (Å²) >= 11 is 0. The number of nitrogens with one attached hydrogen (secondary N) is 2. The maximum atomic E-state index is 13.1. The van der Waals surface area contributed by atoms with Crippen LogP contribution in [0.1, 0.15) is 23.1 Å². The highest BCUT2D eigenvalue weighted by molar-refractivity contribution is 5.88. The van der Waals surface area contributed by atoms with Crippen LogP contribution < -0.4 is 16.4 Å². The van der Waals surface area contributed by atoms with Crippen molar-refractivity contribution in [2.45, 2.75) is 25.8 Å². The Hall–Kier alpha value is -4.38. The number of rotatable bonds is 8. The van der Waals surface area contributed by atoms with Gasteiger partial charge in [-0.1, -0.05) is 42.5 Å². The van der Waals surface area contributed by atoms with Crippen LogP contribution in [0.15, 0.2) is 60.7 Å². The van der Waals surface area contributed by atoms with Crippen molar-refractivity contribution in [3.8, 4) is 6.07 Å². The van der Waals surface area contributed by atoms with Crippen molar-refractivity contribution in [2.24, 2.45) is 5.73 Å². The van der Waals surface area contributed by atoms with Gasteiger partial charge in [0.05, 0.1) is 16.6 Å². The Balaban J connectivity index is 1.76. The van der Waals surface area contributed by atoms with Gasteiger partial charge in [-0.05, 0) is 36.2 Å². The fourth-order valence-corrected chi connectivity index (χ4v) is 3.87. The minimum absolute atomic E-state index is 0.0656. The Morgan fingerprint density at radius 3 is 2.61 bits per heavy atom. The third-order valence-corrected chi connectivity index (χ3v) is 5.48. The van der Waals surface area contributed by atoms with Gasteiger partial charge in [-0.3, -0.25) is 14.0 Å². The summed E-state index contributed by atoms with van der Waals surface area (Å²) in [6.45, 7) is 2.01. The molecule has 0 bridgehead atoms. The molecule has 0 aliphatic carbocycles. The third-order valence-electron chi connectivity index (χ3n) is 5.48. The lowest BCUT2D eigenvalue weighted by Gasteiger charge is -2.21. The molecule has 166 valence electrons. The maximum absolute atomic E-state index is 13.1. The molecule has 0 spiro atoms. The molecule has 0 aliphatic rings. The van der Waals surface area contributed by atoms with E-state index in [0.717, 1.165) is 22.2 Å². The zero-order valence-corrected chi connectivity index (χ0v) is 18.2. The molecule has 0 saturated carbocycles. The molecule has 2 aromatic carbocycles. The number of benzene rings is 2. The first-order valence-electron chi connectivity index (χ1n) is 10.7. The lowest BCUT2D eigenvalue weighted by atomic mass is 10.0. The monoisotopic (exact) mass is 440 g/mol. The van der Waals surface area contributed by atoms with Gasteiger partial charge in [0.1, 0.15) is 17.9 Å². The van der Waals surface area contributed by atoms with Gasteiger partial charge in [0.2, 0.25) is 11.8 Å². The number of hydrogen-bond donors (Lipinski definition) is 3. The van der Waals surface area contributed by atoms with Gasteiger partial charge in [0, 0.05) is 19.4 Å². The first-order chi connectivity index (χ1) is 16.0. The number of carbonyl (C=O) groups is 2. The number of pyridine rings is 1. The van der Waals surface area contributed by atoms with E-state index in [1.165, 1.54) is 0 Å². The number of primary amides is 1. The van der Waals surface area contributed by atoms with Gasteiger partial charge in [-0.15, -0.1) is 0 Å². The van der Waals surface area contributed by atoms with E-state index < -0.39 is 11.9 Å². The summed E-state index contributed by atoms with van der Waals surface area (Å²) < 4.78 is 1.87. The van der Waals surface area contributed by atoms with Gasteiger partial charge in [-0.2, -0.15) is 5.26 Å². The highest BCUT2D eigenvalue weighted by Gasteiger charge is 2.22. The summed E-state index contributed by atoms with van der Waals surface area (Å²) in [5.74, 6) is -0.0713. The second-order valence-electron chi connectivity index (χ2n) is 7.85. The highest BCUT2D eigenvalue weighted by Crippen LogP contribution is 2.27. The molecule has 33 heavy (non-hydrogen) atoms. The normalized spacial score (nSPS) is 11.8. The van der Waals surface area contributed by atoms with Crippen LogP contribution in [0.2, 0.25) is 0 Å². The molecule has 4 rings (SSSR count). The van der Waals surface area contributed by atoms with Gasteiger partial charge >= 0.3 is 0 Å². The van der Waals surface area contributed by atoms with E-state index in [0.29, 0.717) is 23.4 Å². The van der Waals surface area contributed by atoms with Crippen LogP contribution in [-0.4, -0.2) is 33.8 Å². The summed E-state index contributed by atoms with van der Waals surface area (Å²) in [4.78, 5) is 28.8. The van der Waals surface area contributed by atoms with E-state index >= 15 is 0 Å². The Labute approximate surface area is 191 Å². The second-order valence-corrected chi connectivity index (χ2v) is 7.85. The number of nitrogens with two attached hydrogens (primary N) is 1. The van der Waals surface area contributed by atoms with Gasteiger partial charge in [-0.25, -0.2) is 4.98 Å². The summed E-state index contributed by atoms with van der Waals surface area (Å²) in [6.07, 6.45) is 0.493. The van der Waals surface area contributed by atoms with Crippen LogP contribution in [0, 0.1) is 18.3 Å². The summed E-state index contributed by atoms with van der Waals surface area (Å²) in [5, 5.41) is 15.9. The van der Waals surface area contributed by atoms with E-state index in [9.17, 15) is 14.9 Å². The first kappa shape index (κ1) is 21.8. The molecular formula is C25H24N6O2. The lowest BCUT2D eigenvalue weighted by Crippen LogP contribution is -2.42. The minimum atomic E-state index is -0.628. The number of carbonyl (C=O) groups excluding carboxylic acids is 2. The SMILES string of the molecule is Cc1cc(N[C@@H](Cc2ccccc2)C(=O)NCCC(N)=O)n2c(nc3ccccc32)c1C#N. The number of nitrogens with zero attached hydrogens (tertiary/aromatic N) is 3. The number of hydrogen-bond acceptors (Lipinski definition) is 5. The van der Waals surface area contributed by atoms with Crippen LogP contribution in [0.5, 0.6) is 0 Å². The standard InChI is InChI=1S/C25H24N6O2/c1-16-13-23(31-21-10-6-5-9-19(21)30-24(31)18(16)15-26)29-20(14-17-7-3-2-4-8-17)25(33)28-12-11-22(27)32/h2-10,13,20,29H,11-12,14H2,1H3,(H2,27,32)(H,28,33)/t20-/m0/s1. The van der Waals surface area contributed by atoms with E-state index in [1.54, 1.807) is 0 Å². The molecule has 0 aliphatic heterocycles. The molecule has 0 saturated heterocycles. The fraction of sp³-hybridized carbons (Fsp3) is 0.200. The summed E-state index contributed by atoms with van der Waals surface area (Å²) in [5.41, 5.74) is 9.56. The van der Waals surface area contributed by atoms with Crippen molar-refractivity contribution in [1.82, 2.24) is 14.7 Å². The van der Waals surface area contributed by atoms with E-state index in [2.05, 4.69) is 21.7 Å². The minimum Gasteiger partial charge on any atom is -0.370 e. The largest absolute Gasteiger partial charge is 0.370 e. The Bertz CT molecular complexity index is 1370. The Morgan fingerprint density at radius 1 is 1.15 bits per heavy atom. The zero-order chi connectivity index (χ0) is 23.4. The predicted octanol–water partition coefficient (Wildman–Crippen LogP) is 2.68. The fourth-order valence-electron chi connectivity index (χ4n) is 3.87. The quantitative estimate of drug-likeness (QED) is 0.388. The Morgan fingerprint density at radius 2 is 1.88 bits per heavy atom. The van der Waals surface area contributed by atoms with Crippen molar-refractivity contribution in [3.63, 3.8) is 0 Å². The number of imidazole rings is 1. The number of anilines is 1. The average molecular weight is 441 g/mol. The van der Waals surface area contributed by atoms with E-state index in [1.807, 2.05) is 72.0 Å². The maximum Gasteiger partial charge on any atom is 0.242 e. The van der Waals surface area contributed by atoms with Gasteiger partial charge in [0.25, 0.3) is 0 Å². The van der Waals surface area contributed by atoms with Crippen molar-refractivity contribution in [3.05, 3.63) is 77.4 Å². The van der Waals surface area contributed by atoms with Gasteiger partial charge < -0.3 is 16.4 Å². The van der Waals surface area contributed by atoms with Crippen molar-refractivity contribution >= 4 is 34.3 Å². The number of para-hydroxylation sites is 2. The number of amides is 2. The number of nitriles is 1. The third kappa shape index (κ3) is 4.62. The molecule has 8 heteroatoms. The van der Waals surface area contributed by atoms with Crippen LogP contribution in [-0.2, 0) is 16.0 Å². The zero-order valence-electron chi connectivity index (χ0n) is 18.2. The number of aromatic nitrogens is 2. The predicted molar refractivity (Wildman–Crippen MR) is 127 cm³/mol. The molecule has 4 aromatic rings. The molecule has 0 fully saturated rings. The van der Waals surface area contributed by atoms with Crippen LogP contribution in [0.3, 0.4) is 0 Å². The molecular weight excluding hydrogens is 416 g/mol. The molecule has 0 unspecified atom stereocenters.